The number of carbonyl (C=O) groups excluding carboxylic acids is 1. The van der Waals surface area contributed by atoms with Gasteiger partial charge in [-0.05, 0) is 6.07 Å². The summed E-state index contributed by atoms with van der Waals surface area (Å²) in [6.45, 7) is 5.37. The van der Waals surface area contributed by atoms with Crippen molar-refractivity contribution in [1.82, 2.24) is 10.6 Å². The standard InChI is InChI=1S/C11H18N2O2/c1-9(2)12-5-3-11(14)13-7-10-4-6-15-8-10/h4,6,8-9,12H,3,5,7H2,1-2H3,(H,13,14). The first-order valence-corrected chi connectivity index (χ1v) is 5.19. The maximum atomic E-state index is 11.3. The molecule has 1 aromatic heterocycles. The summed E-state index contributed by atoms with van der Waals surface area (Å²) in [4.78, 5) is 11.3. The Bertz CT molecular complexity index is 281. The van der Waals surface area contributed by atoms with Crippen LogP contribution in [0, 0.1) is 0 Å². The molecule has 2 N–H and O–H groups in total. The van der Waals surface area contributed by atoms with Gasteiger partial charge in [0.1, 0.15) is 0 Å². The molecular weight excluding hydrogens is 192 g/mol. The first kappa shape index (κ1) is 11.8. The molecule has 0 aliphatic carbocycles. The molecule has 0 aromatic carbocycles. The van der Waals surface area contributed by atoms with Crippen LogP contribution in [0.5, 0.6) is 0 Å². The minimum atomic E-state index is 0.0596. The number of nitrogens with one attached hydrogen (secondary N) is 2. The second kappa shape index (κ2) is 6.24. The predicted molar refractivity (Wildman–Crippen MR) is 58.3 cm³/mol. The van der Waals surface area contributed by atoms with Gasteiger partial charge in [0.05, 0.1) is 12.5 Å². The van der Waals surface area contributed by atoms with Gasteiger partial charge in [-0.2, -0.15) is 0 Å². The lowest BCUT2D eigenvalue weighted by atomic mass is 10.3. The van der Waals surface area contributed by atoms with Crippen molar-refractivity contribution in [2.45, 2.75) is 32.9 Å². The topological polar surface area (TPSA) is 54.3 Å². The Labute approximate surface area is 90.0 Å². The lowest BCUT2D eigenvalue weighted by molar-refractivity contribution is -0.121. The van der Waals surface area contributed by atoms with Crippen LogP contribution in [0.1, 0.15) is 25.8 Å². The van der Waals surface area contributed by atoms with Crippen LogP contribution in [-0.4, -0.2) is 18.5 Å². The number of amides is 1. The summed E-state index contributed by atoms with van der Waals surface area (Å²) in [5.74, 6) is 0.0596. The van der Waals surface area contributed by atoms with Crippen molar-refractivity contribution in [2.75, 3.05) is 6.54 Å². The van der Waals surface area contributed by atoms with Crippen molar-refractivity contribution in [3.63, 3.8) is 0 Å². The van der Waals surface area contributed by atoms with E-state index in [0.29, 0.717) is 19.0 Å². The van der Waals surface area contributed by atoms with Gasteiger partial charge in [-0.1, -0.05) is 13.8 Å². The summed E-state index contributed by atoms with van der Waals surface area (Å²) >= 11 is 0. The minimum absolute atomic E-state index is 0.0596. The fourth-order valence-corrected chi connectivity index (χ4v) is 1.16. The maximum Gasteiger partial charge on any atom is 0.221 e. The third-order valence-electron chi connectivity index (χ3n) is 1.97. The fraction of sp³-hybridized carbons (Fsp3) is 0.545. The summed E-state index contributed by atoms with van der Waals surface area (Å²) in [5.41, 5.74) is 0.986. The van der Waals surface area contributed by atoms with E-state index < -0.39 is 0 Å². The molecule has 0 fully saturated rings. The van der Waals surface area contributed by atoms with Crippen molar-refractivity contribution < 1.29 is 9.21 Å². The molecule has 0 bridgehead atoms. The van der Waals surface area contributed by atoms with E-state index >= 15 is 0 Å². The van der Waals surface area contributed by atoms with Gasteiger partial charge in [-0.15, -0.1) is 0 Å². The Morgan fingerprint density at radius 2 is 2.33 bits per heavy atom. The highest BCUT2D eigenvalue weighted by Gasteiger charge is 2.01. The zero-order valence-corrected chi connectivity index (χ0v) is 9.25. The van der Waals surface area contributed by atoms with E-state index in [2.05, 4.69) is 24.5 Å². The predicted octanol–water partition coefficient (Wildman–Crippen LogP) is 1.28. The van der Waals surface area contributed by atoms with Crippen LogP contribution in [0.4, 0.5) is 0 Å². The molecule has 0 saturated carbocycles. The molecule has 0 aliphatic heterocycles. The molecule has 1 amide bonds. The van der Waals surface area contributed by atoms with E-state index in [-0.39, 0.29) is 5.91 Å². The number of hydrogen-bond donors (Lipinski definition) is 2. The van der Waals surface area contributed by atoms with Gasteiger partial charge < -0.3 is 15.1 Å². The Morgan fingerprint density at radius 1 is 1.53 bits per heavy atom. The fourth-order valence-electron chi connectivity index (χ4n) is 1.16. The van der Waals surface area contributed by atoms with E-state index in [9.17, 15) is 4.79 Å². The molecule has 4 nitrogen and oxygen atoms in total. The number of carbonyl (C=O) groups is 1. The molecule has 0 atom stereocenters. The number of hydrogen-bond acceptors (Lipinski definition) is 3. The molecule has 4 heteroatoms. The zero-order chi connectivity index (χ0) is 11.1. The van der Waals surface area contributed by atoms with Gasteiger partial charge >= 0.3 is 0 Å². The molecule has 0 spiro atoms. The van der Waals surface area contributed by atoms with Crippen LogP contribution in [0.3, 0.4) is 0 Å². The highest BCUT2D eigenvalue weighted by Crippen LogP contribution is 1.98. The quantitative estimate of drug-likeness (QED) is 0.743. The maximum absolute atomic E-state index is 11.3. The third-order valence-corrected chi connectivity index (χ3v) is 1.97. The molecule has 1 aromatic rings. The Kier molecular flexibility index (Phi) is 4.90. The van der Waals surface area contributed by atoms with Gasteiger partial charge in [-0.3, -0.25) is 4.79 Å². The SMILES string of the molecule is CC(C)NCCC(=O)NCc1ccoc1. The first-order chi connectivity index (χ1) is 7.18. The molecule has 84 valence electrons. The molecule has 0 saturated heterocycles. The third kappa shape index (κ3) is 5.22. The summed E-state index contributed by atoms with van der Waals surface area (Å²) in [5, 5.41) is 6.01. The minimum Gasteiger partial charge on any atom is -0.472 e. The van der Waals surface area contributed by atoms with Crippen molar-refractivity contribution in [3.8, 4) is 0 Å². The molecule has 0 unspecified atom stereocenters. The summed E-state index contributed by atoms with van der Waals surface area (Å²) < 4.78 is 4.90. The lowest BCUT2D eigenvalue weighted by Crippen LogP contribution is -2.30. The molecule has 0 aliphatic rings. The van der Waals surface area contributed by atoms with Gasteiger partial charge in [0.25, 0.3) is 0 Å². The Balaban J connectivity index is 2.09. The average molecular weight is 210 g/mol. The first-order valence-electron chi connectivity index (χ1n) is 5.19. The van der Waals surface area contributed by atoms with Gasteiger partial charge in [-0.25, -0.2) is 0 Å². The van der Waals surface area contributed by atoms with Crippen LogP contribution in [0.2, 0.25) is 0 Å². The lowest BCUT2D eigenvalue weighted by Gasteiger charge is -2.07. The number of rotatable bonds is 6. The normalized spacial score (nSPS) is 10.6. The molecule has 1 heterocycles. The smallest absolute Gasteiger partial charge is 0.221 e. The van der Waals surface area contributed by atoms with Crippen molar-refractivity contribution in [3.05, 3.63) is 24.2 Å². The van der Waals surface area contributed by atoms with E-state index in [4.69, 9.17) is 4.42 Å². The second-order valence-electron chi connectivity index (χ2n) is 3.77. The van der Waals surface area contributed by atoms with Gasteiger partial charge in [0.2, 0.25) is 5.91 Å². The molecule has 15 heavy (non-hydrogen) atoms. The van der Waals surface area contributed by atoms with E-state index in [1.807, 2.05) is 6.07 Å². The van der Waals surface area contributed by atoms with Gasteiger partial charge in [0, 0.05) is 31.1 Å². The molecular formula is C11H18N2O2. The highest BCUT2D eigenvalue weighted by molar-refractivity contribution is 5.76. The molecule has 0 radical (unpaired) electrons. The van der Waals surface area contributed by atoms with Crippen molar-refractivity contribution in [2.24, 2.45) is 0 Å². The highest BCUT2D eigenvalue weighted by atomic mass is 16.3. The Hall–Kier alpha value is -1.29. The zero-order valence-electron chi connectivity index (χ0n) is 9.25. The summed E-state index contributed by atoms with van der Waals surface area (Å²) in [6, 6.07) is 2.26. The monoisotopic (exact) mass is 210 g/mol. The average Bonchev–Trinajstić information content (AvgIpc) is 2.66. The largest absolute Gasteiger partial charge is 0.472 e. The van der Waals surface area contributed by atoms with Crippen LogP contribution < -0.4 is 10.6 Å². The van der Waals surface area contributed by atoms with Crippen LogP contribution in [-0.2, 0) is 11.3 Å². The summed E-state index contributed by atoms with van der Waals surface area (Å²) in [7, 11) is 0. The molecule has 1 rings (SSSR count). The van der Waals surface area contributed by atoms with Crippen molar-refractivity contribution >= 4 is 5.91 Å². The van der Waals surface area contributed by atoms with E-state index in [1.165, 1.54) is 0 Å². The van der Waals surface area contributed by atoms with E-state index in [1.54, 1.807) is 12.5 Å². The second-order valence-corrected chi connectivity index (χ2v) is 3.77. The van der Waals surface area contributed by atoms with Crippen LogP contribution >= 0.6 is 0 Å². The van der Waals surface area contributed by atoms with Crippen LogP contribution in [0.15, 0.2) is 23.0 Å². The van der Waals surface area contributed by atoms with Crippen molar-refractivity contribution in [1.29, 1.82) is 0 Å². The van der Waals surface area contributed by atoms with Gasteiger partial charge in [0.15, 0.2) is 0 Å². The number of furan rings is 1. The van der Waals surface area contributed by atoms with E-state index in [0.717, 1.165) is 12.1 Å². The van der Waals surface area contributed by atoms with Crippen LogP contribution in [0.25, 0.3) is 0 Å². The summed E-state index contributed by atoms with van der Waals surface area (Å²) in [6.07, 6.45) is 3.74. The Morgan fingerprint density at radius 3 is 2.93 bits per heavy atom.